The molecule has 0 saturated carbocycles. The fraction of sp³-hybridized carbons (Fsp3) is 1.00. The molecule has 4 nitrogen and oxygen atoms in total. The minimum absolute atomic E-state index is 0.304. The molecule has 0 bridgehead atoms. The molecule has 0 unspecified atom stereocenters. The second-order valence-corrected chi connectivity index (χ2v) is 12.6. The molecule has 1 rings (SSSR count). The Morgan fingerprint density at radius 3 is 1.36 bits per heavy atom. The highest BCUT2D eigenvalue weighted by atomic mass is 32.2. The Morgan fingerprint density at radius 2 is 1.08 bits per heavy atom. The molecule has 2 atom stereocenters. The molecule has 25 heavy (non-hydrogen) atoms. The molecule has 1 aliphatic heterocycles. The summed E-state index contributed by atoms with van der Waals surface area (Å²) >= 11 is 0. The summed E-state index contributed by atoms with van der Waals surface area (Å²) in [4.78, 5) is 0. The molecule has 0 amide bonds. The van der Waals surface area contributed by atoms with Gasteiger partial charge in [0, 0.05) is 26.2 Å². The van der Waals surface area contributed by atoms with Gasteiger partial charge in [-0.25, -0.2) is 0 Å². The van der Waals surface area contributed by atoms with Crippen LogP contribution in [0.4, 0.5) is 0 Å². The Kier molecular flexibility index (Phi) is 7.98. The van der Waals surface area contributed by atoms with Crippen LogP contribution in [-0.4, -0.2) is 43.2 Å². The first-order valence-corrected chi connectivity index (χ1v) is 11.4. The van der Waals surface area contributed by atoms with Crippen molar-refractivity contribution in [3.63, 3.8) is 0 Å². The number of nitrogens with zero attached hydrogens (tertiary/aromatic N) is 2. The van der Waals surface area contributed by atoms with Crippen LogP contribution in [0.2, 0.25) is 0 Å². The van der Waals surface area contributed by atoms with Crippen molar-refractivity contribution in [1.29, 1.82) is 0 Å². The van der Waals surface area contributed by atoms with Crippen LogP contribution < -0.4 is 0 Å². The van der Waals surface area contributed by atoms with Crippen LogP contribution in [0.15, 0.2) is 0 Å². The normalized spacial score (nSPS) is 22.2. The van der Waals surface area contributed by atoms with Gasteiger partial charge in [0.25, 0.3) is 10.2 Å². The zero-order valence-corrected chi connectivity index (χ0v) is 18.7. The maximum Gasteiger partial charge on any atom is 0.282 e. The predicted octanol–water partition coefficient (Wildman–Crippen LogP) is 4.77. The van der Waals surface area contributed by atoms with Crippen LogP contribution in [0.25, 0.3) is 0 Å². The minimum Gasteiger partial charge on any atom is -0.195 e. The molecule has 150 valence electrons. The van der Waals surface area contributed by atoms with Gasteiger partial charge in [0.1, 0.15) is 0 Å². The summed E-state index contributed by atoms with van der Waals surface area (Å²) in [5, 5.41) is 0. The Morgan fingerprint density at radius 1 is 0.760 bits per heavy atom. The first-order chi connectivity index (χ1) is 11.2. The van der Waals surface area contributed by atoms with Crippen LogP contribution >= 0.6 is 0 Å². The van der Waals surface area contributed by atoms with E-state index in [1.807, 2.05) is 0 Å². The van der Waals surface area contributed by atoms with Gasteiger partial charge >= 0.3 is 0 Å². The summed E-state index contributed by atoms with van der Waals surface area (Å²) < 4.78 is 28.9. The first-order valence-electron chi connectivity index (χ1n) is 9.96. The van der Waals surface area contributed by atoms with Gasteiger partial charge in [0.05, 0.1) is 0 Å². The molecule has 0 N–H and O–H groups in total. The highest BCUT2D eigenvalue weighted by Gasteiger charge is 2.36. The number of rotatable bonds is 8. The summed E-state index contributed by atoms with van der Waals surface area (Å²) in [7, 11) is -3.24. The summed E-state index contributed by atoms with van der Waals surface area (Å²) in [5.41, 5.74) is 0.608. The molecule has 0 aromatic heterocycles. The lowest BCUT2D eigenvalue weighted by atomic mass is 9.84. The van der Waals surface area contributed by atoms with Crippen molar-refractivity contribution in [3.8, 4) is 0 Å². The Bertz CT molecular complexity index is 463. The van der Waals surface area contributed by atoms with E-state index < -0.39 is 10.2 Å². The molecule has 0 aromatic rings. The third kappa shape index (κ3) is 8.40. The van der Waals surface area contributed by atoms with Crippen LogP contribution in [0, 0.1) is 22.7 Å². The molecule has 0 aliphatic carbocycles. The van der Waals surface area contributed by atoms with E-state index in [9.17, 15) is 8.42 Å². The van der Waals surface area contributed by atoms with Crippen molar-refractivity contribution in [2.45, 2.75) is 81.1 Å². The average molecular weight is 375 g/mol. The van der Waals surface area contributed by atoms with Gasteiger partial charge in [-0.2, -0.15) is 17.0 Å². The highest BCUT2D eigenvalue weighted by molar-refractivity contribution is 7.87. The number of hydrogen-bond acceptors (Lipinski definition) is 2. The monoisotopic (exact) mass is 374 g/mol. The second-order valence-electron chi connectivity index (χ2n) is 10.6. The minimum atomic E-state index is -3.24. The van der Waals surface area contributed by atoms with Crippen molar-refractivity contribution < 1.29 is 8.42 Å². The Hall–Kier alpha value is -0.130. The van der Waals surface area contributed by atoms with E-state index in [1.54, 1.807) is 8.61 Å². The molecule has 1 saturated heterocycles. The molecule has 1 heterocycles. The topological polar surface area (TPSA) is 40.6 Å². The van der Waals surface area contributed by atoms with Crippen molar-refractivity contribution in [1.82, 2.24) is 8.61 Å². The van der Waals surface area contributed by atoms with E-state index in [0.717, 1.165) is 25.7 Å². The lowest BCUT2D eigenvalue weighted by Gasteiger charge is -2.26. The molecular weight excluding hydrogens is 332 g/mol. The molecule has 0 spiro atoms. The van der Waals surface area contributed by atoms with Gasteiger partial charge in [0.2, 0.25) is 0 Å². The Balaban J connectivity index is 2.47. The van der Waals surface area contributed by atoms with Crippen LogP contribution in [0.3, 0.4) is 0 Å². The van der Waals surface area contributed by atoms with Crippen LogP contribution in [0.1, 0.15) is 81.1 Å². The SMILES string of the molecule is C[C@H](CCN1CCN(CC[C@@H](C)CC(C)(C)C)S1(=O)=O)CC(C)(C)C. The highest BCUT2D eigenvalue weighted by Crippen LogP contribution is 2.29. The quantitative estimate of drug-likeness (QED) is 0.614. The molecule has 0 radical (unpaired) electrons. The van der Waals surface area contributed by atoms with E-state index in [0.29, 0.717) is 48.8 Å². The van der Waals surface area contributed by atoms with Crippen LogP contribution in [0.5, 0.6) is 0 Å². The Labute approximate surface area is 157 Å². The molecule has 1 aliphatic rings. The summed E-state index contributed by atoms with van der Waals surface area (Å²) in [6.45, 7) is 20.6. The van der Waals surface area contributed by atoms with E-state index in [2.05, 4.69) is 55.4 Å². The van der Waals surface area contributed by atoms with Crippen molar-refractivity contribution >= 4 is 10.2 Å². The second kappa shape index (κ2) is 8.71. The van der Waals surface area contributed by atoms with Gasteiger partial charge in [-0.15, -0.1) is 0 Å². The fourth-order valence-corrected chi connectivity index (χ4v) is 5.72. The first kappa shape index (κ1) is 22.9. The van der Waals surface area contributed by atoms with Gasteiger partial charge in [0.15, 0.2) is 0 Å². The lowest BCUT2D eigenvalue weighted by molar-refractivity contribution is 0.282. The zero-order chi connectivity index (χ0) is 19.5. The third-order valence-electron chi connectivity index (χ3n) is 4.92. The predicted molar refractivity (Wildman–Crippen MR) is 108 cm³/mol. The van der Waals surface area contributed by atoms with E-state index >= 15 is 0 Å². The zero-order valence-electron chi connectivity index (χ0n) is 17.9. The van der Waals surface area contributed by atoms with Gasteiger partial charge in [-0.3, -0.25) is 0 Å². The van der Waals surface area contributed by atoms with E-state index in [4.69, 9.17) is 0 Å². The molecule has 0 aromatic carbocycles. The van der Waals surface area contributed by atoms with Crippen molar-refractivity contribution in [3.05, 3.63) is 0 Å². The summed E-state index contributed by atoms with van der Waals surface area (Å²) in [6, 6.07) is 0. The smallest absolute Gasteiger partial charge is 0.195 e. The van der Waals surface area contributed by atoms with Gasteiger partial charge in [-0.1, -0.05) is 55.4 Å². The standard InChI is InChI=1S/C20H42N2O2S/c1-17(15-19(3,4)5)9-11-21-13-14-22(25(21,23)24)12-10-18(2)16-20(6,7)8/h17-18H,9-16H2,1-8H3/t17-,18-/m1/s1. The summed E-state index contributed by atoms with van der Waals surface area (Å²) in [5.74, 6) is 1.10. The summed E-state index contributed by atoms with van der Waals surface area (Å²) in [6.07, 6.45) is 4.17. The largest absolute Gasteiger partial charge is 0.282 e. The van der Waals surface area contributed by atoms with Crippen LogP contribution in [-0.2, 0) is 10.2 Å². The maximum atomic E-state index is 12.7. The lowest BCUT2D eigenvalue weighted by Crippen LogP contribution is -2.35. The van der Waals surface area contributed by atoms with Gasteiger partial charge in [-0.05, 0) is 48.3 Å². The molecule has 1 fully saturated rings. The van der Waals surface area contributed by atoms with Crippen molar-refractivity contribution in [2.24, 2.45) is 22.7 Å². The number of hydrogen-bond donors (Lipinski definition) is 0. The average Bonchev–Trinajstić information content (AvgIpc) is 2.64. The molecular formula is C20H42N2O2S. The van der Waals surface area contributed by atoms with E-state index in [-0.39, 0.29) is 0 Å². The molecule has 5 heteroatoms. The third-order valence-corrected chi connectivity index (χ3v) is 6.95. The maximum absolute atomic E-state index is 12.7. The van der Waals surface area contributed by atoms with Crippen molar-refractivity contribution in [2.75, 3.05) is 26.2 Å². The fourth-order valence-electron chi connectivity index (χ4n) is 4.10. The van der Waals surface area contributed by atoms with E-state index in [1.165, 1.54) is 0 Å². The van der Waals surface area contributed by atoms with Gasteiger partial charge < -0.3 is 0 Å².